The summed E-state index contributed by atoms with van der Waals surface area (Å²) in [7, 11) is 0. The van der Waals surface area contributed by atoms with Crippen LogP contribution in [-0.2, 0) is 19.1 Å². The van der Waals surface area contributed by atoms with E-state index in [4.69, 9.17) is 4.74 Å². The molecule has 208 valence electrons. The lowest BCUT2D eigenvalue weighted by Gasteiger charge is -2.46. The van der Waals surface area contributed by atoms with Crippen molar-refractivity contribution in [2.24, 2.45) is 17.3 Å². The molecular formula is C29H46N2O5S. The molecule has 0 saturated carbocycles. The first-order chi connectivity index (χ1) is 17.3. The van der Waals surface area contributed by atoms with Gasteiger partial charge >= 0.3 is 5.97 Å². The monoisotopic (exact) mass is 534 g/mol. The number of hydrogen-bond donors (Lipinski definition) is 1. The molecule has 37 heavy (non-hydrogen) atoms. The van der Waals surface area contributed by atoms with Gasteiger partial charge in [-0.15, -0.1) is 24.9 Å². The number of rotatable bonds is 12. The third kappa shape index (κ3) is 5.38. The van der Waals surface area contributed by atoms with Crippen molar-refractivity contribution >= 4 is 29.5 Å². The molecule has 1 N–H and O–H groups in total. The second kappa shape index (κ2) is 11.1. The molecular weight excluding hydrogens is 488 g/mol. The van der Waals surface area contributed by atoms with E-state index in [1.165, 1.54) is 0 Å². The fraction of sp³-hybridized carbons (Fsp3) is 0.759. The van der Waals surface area contributed by atoms with Crippen LogP contribution in [0.2, 0.25) is 0 Å². The number of carbonyl (C=O) groups excluding carboxylic acids is 3. The van der Waals surface area contributed by atoms with Crippen molar-refractivity contribution in [1.29, 1.82) is 0 Å². The summed E-state index contributed by atoms with van der Waals surface area (Å²) in [6.45, 7) is 20.5. The third-order valence-corrected chi connectivity index (χ3v) is 10.1. The quantitative estimate of drug-likeness (QED) is 0.229. The topological polar surface area (TPSA) is 87.1 Å². The Morgan fingerprint density at radius 3 is 2.49 bits per heavy atom. The maximum absolute atomic E-state index is 14.6. The maximum Gasteiger partial charge on any atom is 0.310 e. The molecule has 8 heteroatoms. The summed E-state index contributed by atoms with van der Waals surface area (Å²) in [6.07, 6.45) is 6.71. The summed E-state index contributed by atoms with van der Waals surface area (Å²) in [4.78, 5) is 45.5. The third-order valence-electron chi connectivity index (χ3n) is 8.16. The molecule has 2 unspecified atom stereocenters. The standard InChI is InChI=1S/C29H46N2O5S/c1-9-12-16-36-26(35)21-20-13-14-29(37-20)22(21)24(33)31(19(11-3)17-32)23(29)25(34)30(15-10-2)28(7,8)18-27(4,5)6/h9-10,19-23,32H,1-2,11-18H2,3-8H3/t19-,20+,21-,22-,23?,29?/m0/s1. The maximum atomic E-state index is 14.6. The first-order valence-corrected chi connectivity index (χ1v) is 14.5. The Hall–Kier alpha value is -1.80. The number of likely N-dealkylation sites (tertiary alicyclic amines) is 1. The summed E-state index contributed by atoms with van der Waals surface area (Å²) in [5, 5.41) is 10.2. The van der Waals surface area contributed by atoms with Gasteiger partial charge in [0.25, 0.3) is 0 Å². The number of carbonyl (C=O) groups is 3. The van der Waals surface area contributed by atoms with Crippen molar-refractivity contribution in [3.05, 3.63) is 25.3 Å². The van der Waals surface area contributed by atoms with Gasteiger partial charge in [0.05, 0.1) is 35.8 Å². The molecule has 3 heterocycles. The summed E-state index contributed by atoms with van der Waals surface area (Å²) in [5.74, 6) is -1.89. The van der Waals surface area contributed by atoms with Crippen molar-refractivity contribution in [1.82, 2.24) is 9.80 Å². The fourth-order valence-electron chi connectivity index (χ4n) is 7.09. The van der Waals surface area contributed by atoms with Gasteiger partial charge in [-0.25, -0.2) is 0 Å². The smallest absolute Gasteiger partial charge is 0.310 e. The first kappa shape index (κ1) is 29.8. The van der Waals surface area contributed by atoms with Gasteiger partial charge < -0.3 is 19.6 Å². The van der Waals surface area contributed by atoms with E-state index in [0.29, 0.717) is 25.8 Å². The van der Waals surface area contributed by atoms with E-state index in [0.717, 1.165) is 12.8 Å². The Balaban J connectivity index is 2.07. The van der Waals surface area contributed by atoms with Crippen LogP contribution in [0.15, 0.2) is 25.3 Å². The van der Waals surface area contributed by atoms with Gasteiger partial charge in [-0.3, -0.25) is 14.4 Å². The van der Waals surface area contributed by atoms with E-state index in [9.17, 15) is 19.5 Å². The van der Waals surface area contributed by atoms with Crippen molar-refractivity contribution in [3.63, 3.8) is 0 Å². The highest BCUT2D eigenvalue weighted by Gasteiger charge is 2.75. The normalized spacial score (nSPS) is 29.7. The molecule has 3 aliphatic heterocycles. The van der Waals surface area contributed by atoms with Crippen molar-refractivity contribution in [2.45, 2.75) is 101 Å². The predicted octanol–water partition coefficient (Wildman–Crippen LogP) is 4.20. The van der Waals surface area contributed by atoms with Crippen LogP contribution in [0.1, 0.15) is 73.6 Å². The van der Waals surface area contributed by atoms with Crippen LogP contribution in [-0.4, -0.2) is 80.1 Å². The van der Waals surface area contributed by atoms with E-state index < -0.39 is 34.2 Å². The van der Waals surface area contributed by atoms with E-state index >= 15 is 0 Å². The molecule has 2 bridgehead atoms. The Morgan fingerprint density at radius 1 is 1.27 bits per heavy atom. The largest absolute Gasteiger partial charge is 0.465 e. The molecule has 3 fully saturated rings. The molecule has 1 spiro atoms. The minimum Gasteiger partial charge on any atom is -0.465 e. The lowest BCUT2D eigenvalue weighted by Crippen LogP contribution is -2.61. The summed E-state index contributed by atoms with van der Waals surface area (Å²) < 4.78 is 4.85. The van der Waals surface area contributed by atoms with Gasteiger partial charge in [-0.1, -0.05) is 39.8 Å². The SMILES string of the molecule is C=CCCOC(=O)[C@@H]1[C@H]2C(=O)N([C@@H](CC)CO)C(C(=O)N(CC=C)C(C)(C)CC(C)(C)C)C23CC[C@H]1S3. The predicted molar refractivity (Wildman–Crippen MR) is 148 cm³/mol. The van der Waals surface area contributed by atoms with Crippen molar-refractivity contribution < 1.29 is 24.2 Å². The second-order valence-electron chi connectivity index (χ2n) is 12.6. The lowest BCUT2D eigenvalue weighted by atomic mass is 9.71. The number of fused-ring (bicyclic) bond motifs is 1. The minimum atomic E-state index is -0.748. The van der Waals surface area contributed by atoms with Crippen LogP contribution in [0.5, 0.6) is 0 Å². The molecule has 6 atom stereocenters. The first-order valence-electron chi connectivity index (χ1n) is 13.6. The van der Waals surface area contributed by atoms with Crippen LogP contribution < -0.4 is 0 Å². The number of ether oxygens (including phenoxy) is 1. The molecule has 7 nitrogen and oxygen atoms in total. The zero-order valence-corrected chi connectivity index (χ0v) is 24.3. The average molecular weight is 535 g/mol. The molecule has 0 aromatic heterocycles. The molecule has 3 aliphatic rings. The van der Waals surface area contributed by atoms with E-state index in [-0.39, 0.29) is 41.7 Å². The van der Waals surface area contributed by atoms with E-state index in [1.807, 2.05) is 11.8 Å². The Labute approximate surface area is 227 Å². The minimum absolute atomic E-state index is 0.0207. The van der Waals surface area contributed by atoms with Crippen molar-refractivity contribution in [2.75, 3.05) is 19.8 Å². The van der Waals surface area contributed by atoms with Crippen molar-refractivity contribution in [3.8, 4) is 0 Å². The van der Waals surface area contributed by atoms with Crippen LogP contribution in [0, 0.1) is 17.3 Å². The molecule has 0 aromatic carbocycles. The molecule has 0 radical (unpaired) electrons. The molecule has 2 amide bonds. The highest BCUT2D eigenvalue weighted by atomic mass is 32.2. The fourth-order valence-corrected chi connectivity index (χ4v) is 9.28. The highest BCUT2D eigenvalue weighted by Crippen LogP contribution is 2.67. The Bertz CT molecular complexity index is 908. The van der Waals surface area contributed by atoms with Crippen LogP contribution in [0.25, 0.3) is 0 Å². The van der Waals surface area contributed by atoms with Gasteiger partial charge in [0.2, 0.25) is 11.8 Å². The molecule has 3 saturated heterocycles. The zero-order chi connectivity index (χ0) is 27.8. The van der Waals surface area contributed by atoms with Gasteiger partial charge in [0.1, 0.15) is 6.04 Å². The molecule has 0 aromatic rings. The highest BCUT2D eigenvalue weighted by molar-refractivity contribution is 8.02. The number of nitrogens with zero attached hydrogens (tertiary/aromatic N) is 2. The van der Waals surface area contributed by atoms with E-state index in [2.05, 4.69) is 47.8 Å². The number of aliphatic hydroxyl groups is 1. The summed E-state index contributed by atoms with van der Waals surface area (Å²) in [5.41, 5.74) is -0.509. The molecule has 3 rings (SSSR count). The Kier molecular flexibility index (Phi) is 8.95. The lowest BCUT2D eigenvalue weighted by molar-refractivity contribution is -0.154. The van der Waals surface area contributed by atoms with Gasteiger partial charge in [0, 0.05) is 17.3 Å². The summed E-state index contributed by atoms with van der Waals surface area (Å²) in [6, 6.07) is -1.24. The van der Waals surface area contributed by atoms with E-state index in [1.54, 1.807) is 28.8 Å². The number of amides is 2. The number of thioether (sulfide) groups is 1. The van der Waals surface area contributed by atoms with Crippen LogP contribution in [0.4, 0.5) is 0 Å². The zero-order valence-electron chi connectivity index (χ0n) is 23.5. The summed E-state index contributed by atoms with van der Waals surface area (Å²) >= 11 is 1.63. The van der Waals surface area contributed by atoms with Gasteiger partial charge in [-0.2, -0.15) is 0 Å². The van der Waals surface area contributed by atoms with Gasteiger partial charge in [-0.05, 0) is 51.4 Å². The average Bonchev–Trinajstić information content (AvgIpc) is 3.44. The molecule has 0 aliphatic carbocycles. The number of hydrogen-bond acceptors (Lipinski definition) is 6. The van der Waals surface area contributed by atoms with Crippen LogP contribution in [0.3, 0.4) is 0 Å². The van der Waals surface area contributed by atoms with Gasteiger partial charge in [0.15, 0.2) is 0 Å². The number of esters is 1. The second-order valence-corrected chi connectivity index (χ2v) is 14.2. The van der Waals surface area contributed by atoms with Crippen LogP contribution >= 0.6 is 11.8 Å². The Morgan fingerprint density at radius 2 is 1.95 bits per heavy atom. The number of aliphatic hydroxyl groups excluding tert-OH is 1.